The van der Waals surface area contributed by atoms with Crippen LogP contribution in [0.4, 0.5) is 0 Å². The monoisotopic (exact) mass is 293 g/mol. The zero-order valence-electron chi connectivity index (χ0n) is 9.91. The molecule has 1 N–H and O–H groups in total. The molecule has 0 saturated heterocycles. The Labute approximate surface area is 115 Å². The highest BCUT2D eigenvalue weighted by molar-refractivity contribution is 7.89. The molecule has 0 spiro atoms. The maximum Gasteiger partial charge on any atom is 0.243 e. The fraction of sp³-hybridized carbons (Fsp3) is 0.167. The average molecular weight is 293 g/mol. The Morgan fingerprint density at radius 1 is 1.42 bits per heavy atom. The lowest BCUT2D eigenvalue weighted by molar-refractivity contribution is 0.581. The molecule has 0 unspecified atom stereocenters. The number of thiophene rings is 1. The van der Waals surface area contributed by atoms with Gasteiger partial charge in [0.2, 0.25) is 10.0 Å². The largest absolute Gasteiger partial charge is 0.244 e. The Morgan fingerprint density at radius 3 is 2.95 bits per heavy atom. The molecule has 0 aliphatic rings. The second kappa shape index (κ2) is 5.93. The highest BCUT2D eigenvalue weighted by Gasteiger charge is 2.18. The van der Waals surface area contributed by atoms with Gasteiger partial charge in [0.25, 0.3) is 0 Å². The first-order valence-corrected chi connectivity index (χ1v) is 7.92. The van der Waals surface area contributed by atoms with Gasteiger partial charge in [-0.3, -0.25) is 0 Å². The van der Waals surface area contributed by atoms with Crippen LogP contribution in [-0.2, 0) is 16.4 Å². The maximum atomic E-state index is 12.0. The second-order valence-electron chi connectivity index (χ2n) is 3.74. The van der Waals surface area contributed by atoms with E-state index in [0.29, 0.717) is 13.0 Å². The minimum atomic E-state index is -3.69. The topological polar surface area (TPSA) is 82.8 Å². The Hall–Kier alpha value is -1.75. The molecule has 2 aromatic heterocycles. The lowest BCUT2D eigenvalue weighted by atomic mass is 10.2. The van der Waals surface area contributed by atoms with E-state index >= 15 is 0 Å². The first-order chi connectivity index (χ1) is 9.13. The van der Waals surface area contributed by atoms with Gasteiger partial charge in [0.05, 0.1) is 0 Å². The van der Waals surface area contributed by atoms with E-state index in [-0.39, 0.29) is 10.6 Å². The fourth-order valence-corrected chi connectivity index (χ4v) is 3.37. The van der Waals surface area contributed by atoms with Crippen molar-refractivity contribution in [3.8, 4) is 6.07 Å². The number of aromatic nitrogens is 1. The van der Waals surface area contributed by atoms with Crippen LogP contribution in [0.3, 0.4) is 0 Å². The van der Waals surface area contributed by atoms with Gasteiger partial charge in [-0.1, -0.05) is 0 Å². The van der Waals surface area contributed by atoms with Crippen molar-refractivity contribution in [3.63, 3.8) is 0 Å². The van der Waals surface area contributed by atoms with Gasteiger partial charge in [-0.15, -0.1) is 0 Å². The van der Waals surface area contributed by atoms with Crippen LogP contribution >= 0.6 is 11.3 Å². The molecule has 0 aliphatic carbocycles. The predicted octanol–water partition coefficient (Wildman–Crippen LogP) is 1.54. The summed E-state index contributed by atoms with van der Waals surface area (Å²) in [5.41, 5.74) is 0.991. The molecule has 2 aromatic rings. The highest BCUT2D eigenvalue weighted by Crippen LogP contribution is 2.12. The SMILES string of the molecule is N#Cc1ncccc1S(=O)(=O)NCCc1ccsc1. The van der Waals surface area contributed by atoms with Crippen molar-refractivity contribution in [1.82, 2.24) is 9.71 Å². The van der Waals surface area contributed by atoms with Crippen molar-refractivity contribution in [2.45, 2.75) is 11.3 Å². The van der Waals surface area contributed by atoms with Crippen LogP contribution in [0.5, 0.6) is 0 Å². The predicted molar refractivity (Wildman–Crippen MR) is 72.2 cm³/mol. The third kappa shape index (κ3) is 3.38. The summed E-state index contributed by atoms with van der Waals surface area (Å²) in [6.07, 6.45) is 2.01. The Morgan fingerprint density at radius 2 is 2.26 bits per heavy atom. The van der Waals surface area contributed by atoms with E-state index in [9.17, 15) is 8.42 Å². The molecular formula is C12H11N3O2S2. The van der Waals surface area contributed by atoms with Gasteiger partial charge in [-0.2, -0.15) is 16.6 Å². The van der Waals surface area contributed by atoms with Crippen molar-refractivity contribution < 1.29 is 8.42 Å². The summed E-state index contributed by atoms with van der Waals surface area (Å²) in [7, 11) is -3.69. The quantitative estimate of drug-likeness (QED) is 0.906. The smallest absolute Gasteiger partial charge is 0.243 e. The van der Waals surface area contributed by atoms with Crippen molar-refractivity contribution in [2.24, 2.45) is 0 Å². The number of nitriles is 1. The third-order valence-electron chi connectivity index (χ3n) is 2.45. The normalized spacial score (nSPS) is 11.1. The van der Waals surface area contributed by atoms with Gasteiger partial charge < -0.3 is 0 Å². The van der Waals surface area contributed by atoms with Crippen LogP contribution in [0.25, 0.3) is 0 Å². The molecule has 0 amide bonds. The average Bonchev–Trinajstić information content (AvgIpc) is 2.91. The summed E-state index contributed by atoms with van der Waals surface area (Å²) in [6.45, 7) is 0.291. The molecule has 2 rings (SSSR count). The van der Waals surface area contributed by atoms with Crippen molar-refractivity contribution in [1.29, 1.82) is 5.26 Å². The zero-order valence-corrected chi connectivity index (χ0v) is 11.5. The minimum absolute atomic E-state index is 0.0807. The lowest BCUT2D eigenvalue weighted by Gasteiger charge is -2.06. The Balaban J connectivity index is 2.08. The second-order valence-corrected chi connectivity index (χ2v) is 6.26. The van der Waals surface area contributed by atoms with E-state index in [0.717, 1.165) is 5.56 Å². The van der Waals surface area contributed by atoms with Crippen LogP contribution in [0.1, 0.15) is 11.3 Å². The number of nitrogens with zero attached hydrogens (tertiary/aromatic N) is 2. The lowest BCUT2D eigenvalue weighted by Crippen LogP contribution is -2.26. The molecule has 5 nitrogen and oxygen atoms in total. The summed E-state index contributed by atoms with van der Waals surface area (Å²) in [5.74, 6) is 0. The molecular weight excluding hydrogens is 282 g/mol. The van der Waals surface area contributed by atoms with Gasteiger partial charge in [-0.25, -0.2) is 18.1 Å². The zero-order chi connectivity index (χ0) is 13.7. The van der Waals surface area contributed by atoms with E-state index in [4.69, 9.17) is 5.26 Å². The minimum Gasteiger partial charge on any atom is -0.244 e. The number of hydrogen-bond donors (Lipinski definition) is 1. The molecule has 0 bridgehead atoms. The molecule has 0 radical (unpaired) electrons. The fourth-order valence-electron chi connectivity index (χ4n) is 1.53. The molecule has 98 valence electrons. The molecule has 0 saturated carbocycles. The molecule has 0 atom stereocenters. The summed E-state index contributed by atoms with van der Waals surface area (Å²) < 4.78 is 26.6. The van der Waals surface area contributed by atoms with Gasteiger partial charge in [0.15, 0.2) is 5.69 Å². The number of sulfonamides is 1. The van der Waals surface area contributed by atoms with E-state index in [1.165, 1.54) is 18.3 Å². The summed E-state index contributed by atoms with van der Waals surface area (Å²) in [5, 5.41) is 12.8. The van der Waals surface area contributed by atoms with Gasteiger partial charge in [0.1, 0.15) is 11.0 Å². The standard InChI is InChI=1S/C12H11N3O2S2/c13-8-11-12(2-1-5-14-11)19(16,17)15-6-3-10-4-7-18-9-10/h1-2,4-5,7,9,15H,3,6H2. The van der Waals surface area contributed by atoms with E-state index in [2.05, 4.69) is 9.71 Å². The van der Waals surface area contributed by atoms with Crippen LogP contribution in [0.2, 0.25) is 0 Å². The summed E-state index contributed by atoms with van der Waals surface area (Å²) in [6, 6.07) is 6.59. The molecule has 0 fully saturated rings. The number of nitrogens with one attached hydrogen (secondary N) is 1. The Bertz CT molecular complexity index is 688. The van der Waals surface area contributed by atoms with Gasteiger partial charge >= 0.3 is 0 Å². The molecule has 7 heteroatoms. The Kier molecular flexibility index (Phi) is 4.27. The van der Waals surface area contributed by atoms with Crippen LogP contribution < -0.4 is 4.72 Å². The maximum absolute atomic E-state index is 12.0. The number of pyridine rings is 1. The molecule has 0 aliphatic heterocycles. The first kappa shape index (κ1) is 13.7. The van der Waals surface area contributed by atoms with E-state index in [1.54, 1.807) is 17.4 Å². The van der Waals surface area contributed by atoms with E-state index in [1.807, 2.05) is 16.8 Å². The molecule has 2 heterocycles. The summed E-state index contributed by atoms with van der Waals surface area (Å²) in [4.78, 5) is 3.66. The molecule has 19 heavy (non-hydrogen) atoms. The van der Waals surface area contributed by atoms with Crippen molar-refractivity contribution >= 4 is 21.4 Å². The highest BCUT2D eigenvalue weighted by atomic mass is 32.2. The molecule has 0 aromatic carbocycles. The third-order valence-corrected chi connectivity index (χ3v) is 4.68. The van der Waals surface area contributed by atoms with Gasteiger partial charge in [-0.05, 0) is 40.9 Å². The van der Waals surface area contributed by atoms with Gasteiger partial charge in [0, 0.05) is 12.7 Å². The van der Waals surface area contributed by atoms with Crippen LogP contribution in [0, 0.1) is 11.3 Å². The number of hydrogen-bond acceptors (Lipinski definition) is 5. The van der Waals surface area contributed by atoms with Crippen molar-refractivity contribution in [2.75, 3.05) is 6.54 Å². The van der Waals surface area contributed by atoms with Crippen LogP contribution in [-0.4, -0.2) is 19.9 Å². The van der Waals surface area contributed by atoms with Crippen molar-refractivity contribution in [3.05, 3.63) is 46.4 Å². The summed E-state index contributed by atoms with van der Waals surface area (Å²) >= 11 is 1.57. The first-order valence-electron chi connectivity index (χ1n) is 5.49. The van der Waals surface area contributed by atoms with E-state index < -0.39 is 10.0 Å². The number of rotatable bonds is 5. The van der Waals surface area contributed by atoms with Crippen LogP contribution in [0.15, 0.2) is 40.1 Å².